The van der Waals surface area contributed by atoms with Crippen molar-refractivity contribution >= 4 is 23.8 Å². The van der Waals surface area contributed by atoms with E-state index in [4.69, 9.17) is 4.74 Å². The van der Waals surface area contributed by atoms with Crippen molar-refractivity contribution in [1.29, 1.82) is 0 Å². The molecule has 7 nitrogen and oxygen atoms in total. The van der Waals surface area contributed by atoms with Crippen LogP contribution in [0.4, 0.5) is 0 Å². The van der Waals surface area contributed by atoms with Crippen LogP contribution in [0.5, 0.6) is 0 Å². The lowest BCUT2D eigenvalue weighted by molar-refractivity contribution is -0.173. The quantitative estimate of drug-likeness (QED) is 0.361. The van der Waals surface area contributed by atoms with Crippen LogP contribution in [-0.4, -0.2) is 46.9 Å². The van der Waals surface area contributed by atoms with Crippen molar-refractivity contribution in [2.24, 2.45) is 11.8 Å². The molecule has 5 atom stereocenters. The Morgan fingerprint density at radius 2 is 1.50 bits per heavy atom. The summed E-state index contributed by atoms with van der Waals surface area (Å²) in [5.74, 6) is -2.99. The summed E-state index contributed by atoms with van der Waals surface area (Å²) in [6.07, 6.45) is 1.37. The van der Waals surface area contributed by atoms with Gasteiger partial charge in [0.1, 0.15) is 6.04 Å². The van der Waals surface area contributed by atoms with Crippen molar-refractivity contribution < 1.29 is 28.7 Å². The summed E-state index contributed by atoms with van der Waals surface area (Å²) in [5.41, 5.74) is 0. The SMILES string of the molecule is O=C1CC[C@@H](N2C(=O)[C@@H]3[C@H](C2=O)[C@H]2CC[C@@H]3O2)C(=O)O1. The Hall–Kier alpha value is -1.76. The van der Waals surface area contributed by atoms with Gasteiger partial charge in [-0.2, -0.15) is 0 Å². The number of amides is 2. The first-order chi connectivity index (χ1) is 9.58. The first kappa shape index (κ1) is 12.0. The Morgan fingerprint density at radius 3 is 2.05 bits per heavy atom. The van der Waals surface area contributed by atoms with Crippen molar-refractivity contribution in [1.82, 2.24) is 4.90 Å². The number of likely N-dealkylation sites (tertiary alicyclic amines) is 1. The Kier molecular flexibility index (Phi) is 2.33. The molecule has 0 aliphatic carbocycles. The van der Waals surface area contributed by atoms with Gasteiger partial charge in [0.25, 0.3) is 0 Å². The van der Waals surface area contributed by atoms with Gasteiger partial charge in [0.05, 0.1) is 24.0 Å². The Balaban J connectivity index is 1.64. The van der Waals surface area contributed by atoms with E-state index in [0.29, 0.717) is 0 Å². The molecule has 4 rings (SSSR count). The number of hydrogen-bond donors (Lipinski definition) is 0. The normalized spacial score (nSPS) is 43.2. The molecule has 4 saturated heterocycles. The van der Waals surface area contributed by atoms with Gasteiger partial charge in [-0.15, -0.1) is 0 Å². The molecule has 0 radical (unpaired) electrons. The van der Waals surface area contributed by atoms with Crippen molar-refractivity contribution in [3.63, 3.8) is 0 Å². The van der Waals surface area contributed by atoms with Gasteiger partial charge in [-0.1, -0.05) is 0 Å². The zero-order chi connectivity index (χ0) is 14.0. The third-order valence-corrected chi connectivity index (χ3v) is 4.74. The standard InChI is InChI=1S/C13H13NO6/c15-8-4-1-5(13(18)20-8)14-11(16)9-6-2-3-7(19-6)10(9)12(14)17/h5-7,9-10H,1-4H2/t5-,6-,7+,9-,10+/m1/s1. The molecule has 0 unspecified atom stereocenters. The Bertz CT molecular complexity index is 515. The highest BCUT2D eigenvalue weighted by atomic mass is 16.6. The largest absolute Gasteiger partial charge is 0.392 e. The minimum Gasteiger partial charge on any atom is -0.392 e. The van der Waals surface area contributed by atoms with Crippen LogP contribution < -0.4 is 0 Å². The number of carbonyl (C=O) groups is 4. The summed E-state index contributed by atoms with van der Waals surface area (Å²) in [6, 6.07) is -0.947. The van der Waals surface area contributed by atoms with Crippen LogP contribution >= 0.6 is 0 Å². The van der Waals surface area contributed by atoms with E-state index in [1.54, 1.807) is 0 Å². The topological polar surface area (TPSA) is 90.0 Å². The molecule has 2 amide bonds. The number of esters is 2. The molecular weight excluding hydrogens is 266 g/mol. The van der Waals surface area contributed by atoms with Crippen LogP contribution in [0, 0.1) is 11.8 Å². The molecule has 7 heteroatoms. The summed E-state index contributed by atoms with van der Waals surface area (Å²) < 4.78 is 10.2. The monoisotopic (exact) mass is 279 g/mol. The van der Waals surface area contributed by atoms with Gasteiger partial charge in [-0.3, -0.25) is 19.3 Å². The number of ether oxygens (including phenoxy) is 2. The fourth-order valence-corrected chi connectivity index (χ4v) is 3.88. The van der Waals surface area contributed by atoms with E-state index in [0.717, 1.165) is 17.7 Å². The maximum absolute atomic E-state index is 12.4. The predicted octanol–water partition coefficient (Wildman–Crippen LogP) is -0.619. The smallest absolute Gasteiger partial charge is 0.337 e. The number of fused-ring (bicyclic) bond motifs is 5. The van der Waals surface area contributed by atoms with Crippen LogP contribution in [0.3, 0.4) is 0 Å². The van der Waals surface area contributed by atoms with Gasteiger partial charge in [-0.05, 0) is 19.3 Å². The van der Waals surface area contributed by atoms with Crippen LogP contribution in [-0.2, 0) is 28.7 Å². The zero-order valence-corrected chi connectivity index (χ0v) is 10.6. The van der Waals surface area contributed by atoms with Crippen molar-refractivity contribution in [3.05, 3.63) is 0 Å². The molecule has 4 aliphatic heterocycles. The van der Waals surface area contributed by atoms with Crippen LogP contribution in [0.1, 0.15) is 25.7 Å². The molecule has 0 aromatic heterocycles. The molecule has 4 fully saturated rings. The lowest BCUT2D eigenvalue weighted by Crippen LogP contribution is -2.50. The second kappa shape index (κ2) is 3.88. The first-order valence-corrected chi connectivity index (χ1v) is 6.85. The van der Waals surface area contributed by atoms with Crippen LogP contribution in [0.2, 0.25) is 0 Å². The van der Waals surface area contributed by atoms with Gasteiger partial charge in [-0.25, -0.2) is 4.79 Å². The van der Waals surface area contributed by atoms with Gasteiger partial charge >= 0.3 is 11.9 Å². The average Bonchev–Trinajstić information content (AvgIpc) is 3.06. The van der Waals surface area contributed by atoms with Gasteiger partial charge in [0.15, 0.2) is 0 Å². The first-order valence-electron chi connectivity index (χ1n) is 6.85. The molecule has 0 saturated carbocycles. The third-order valence-electron chi connectivity index (χ3n) is 4.74. The zero-order valence-electron chi connectivity index (χ0n) is 10.6. The molecule has 4 aliphatic rings. The number of rotatable bonds is 1. The van der Waals surface area contributed by atoms with Crippen molar-refractivity contribution in [2.45, 2.75) is 43.9 Å². The molecule has 0 N–H and O–H groups in total. The molecule has 106 valence electrons. The highest BCUT2D eigenvalue weighted by Crippen LogP contribution is 2.49. The fraction of sp³-hybridized carbons (Fsp3) is 0.692. The molecular formula is C13H13NO6. The highest BCUT2D eigenvalue weighted by molar-refractivity contribution is 6.09. The van der Waals surface area contributed by atoms with E-state index in [2.05, 4.69) is 4.74 Å². The fourth-order valence-electron chi connectivity index (χ4n) is 3.88. The predicted molar refractivity (Wildman–Crippen MR) is 60.8 cm³/mol. The van der Waals surface area contributed by atoms with E-state index in [1.165, 1.54) is 0 Å². The minimum absolute atomic E-state index is 0.0478. The molecule has 0 spiro atoms. The van der Waals surface area contributed by atoms with Crippen LogP contribution in [0.15, 0.2) is 0 Å². The summed E-state index contributed by atoms with van der Waals surface area (Å²) in [4.78, 5) is 48.7. The summed E-state index contributed by atoms with van der Waals surface area (Å²) in [7, 11) is 0. The number of carbonyl (C=O) groups excluding carboxylic acids is 4. The molecule has 0 aromatic rings. The molecule has 20 heavy (non-hydrogen) atoms. The average molecular weight is 279 g/mol. The molecule has 0 aromatic carbocycles. The summed E-state index contributed by atoms with van der Waals surface area (Å²) in [6.45, 7) is 0. The van der Waals surface area contributed by atoms with Crippen molar-refractivity contribution in [2.75, 3.05) is 0 Å². The molecule has 2 bridgehead atoms. The number of cyclic esters (lactones) is 2. The summed E-state index contributed by atoms with van der Waals surface area (Å²) >= 11 is 0. The highest BCUT2D eigenvalue weighted by Gasteiger charge is 2.64. The maximum Gasteiger partial charge on any atom is 0.337 e. The Morgan fingerprint density at radius 1 is 0.900 bits per heavy atom. The molecule has 4 heterocycles. The van der Waals surface area contributed by atoms with Crippen molar-refractivity contribution in [3.8, 4) is 0 Å². The van der Waals surface area contributed by atoms with E-state index < -0.39 is 29.8 Å². The van der Waals surface area contributed by atoms with Gasteiger partial charge < -0.3 is 9.47 Å². The second-order valence-corrected chi connectivity index (χ2v) is 5.74. The minimum atomic E-state index is -0.947. The van der Waals surface area contributed by atoms with Gasteiger partial charge in [0, 0.05) is 6.42 Å². The van der Waals surface area contributed by atoms with E-state index in [9.17, 15) is 19.2 Å². The number of nitrogens with zero attached hydrogens (tertiary/aromatic N) is 1. The lowest BCUT2D eigenvalue weighted by Gasteiger charge is -2.28. The van der Waals surface area contributed by atoms with Crippen LogP contribution in [0.25, 0.3) is 0 Å². The number of hydrogen-bond acceptors (Lipinski definition) is 6. The third kappa shape index (κ3) is 1.38. The Labute approximate surface area is 114 Å². The number of imide groups is 1. The van der Waals surface area contributed by atoms with Gasteiger partial charge in [0.2, 0.25) is 11.8 Å². The second-order valence-electron chi connectivity index (χ2n) is 5.74. The van der Waals surface area contributed by atoms with E-state index in [1.807, 2.05) is 0 Å². The summed E-state index contributed by atoms with van der Waals surface area (Å²) in [5, 5.41) is 0. The van der Waals surface area contributed by atoms with E-state index in [-0.39, 0.29) is 36.9 Å². The van der Waals surface area contributed by atoms with E-state index >= 15 is 0 Å². The maximum atomic E-state index is 12.4. The lowest BCUT2D eigenvalue weighted by atomic mass is 9.81.